The van der Waals surface area contributed by atoms with E-state index in [0.29, 0.717) is 44.8 Å². The SMILES string of the molecule is CCc1cccc(NC(=O)C2CCN(c3ncccc3S(=O)(=O)N3CCCCC3)CC2)c1. The first-order chi connectivity index (χ1) is 15.5. The number of carbonyl (C=O) groups is 1. The van der Waals surface area contributed by atoms with Crippen LogP contribution in [-0.4, -0.2) is 49.8 Å². The summed E-state index contributed by atoms with van der Waals surface area (Å²) < 4.78 is 28.1. The van der Waals surface area contributed by atoms with Crippen LogP contribution in [0.4, 0.5) is 11.5 Å². The molecule has 1 aromatic carbocycles. The fourth-order valence-corrected chi connectivity index (χ4v) is 6.21. The Hall–Kier alpha value is -2.45. The third kappa shape index (κ3) is 4.96. The van der Waals surface area contributed by atoms with E-state index in [1.54, 1.807) is 22.6 Å². The van der Waals surface area contributed by atoms with Crippen LogP contribution in [0.1, 0.15) is 44.6 Å². The highest BCUT2D eigenvalue weighted by Crippen LogP contribution is 2.31. The summed E-state index contributed by atoms with van der Waals surface area (Å²) in [5.41, 5.74) is 2.02. The number of anilines is 2. The number of benzene rings is 1. The predicted molar refractivity (Wildman–Crippen MR) is 126 cm³/mol. The Morgan fingerprint density at radius 3 is 2.53 bits per heavy atom. The Morgan fingerprint density at radius 2 is 1.81 bits per heavy atom. The normalized spacial score (nSPS) is 18.5. The van der Waals surface area contributed by atoms with E-state index in [0.717, 1.165) is 31.4 Å². The molecule has 0 atom stereocenters. The number of nitrogens with one attached hydrogen (secondary N) is 1. The number of sulfonamides is 1. The molecule has 2 aliphatic heterocycles. The van der Waals surface area contributed by atoms with Crippen LogP contribution >= 0.6 is 0 Å². The lowest BCUT2D eigenvalue weighted by molar-refractivity contribution is -0.120. The van der Waals surface area contributed by atoms with Gasteiger partial charge in [0.15, 0.2) is 0 Å². The topological polar surface area (TPSA) is 82.6 Å². The second kappa shape index (κ2) is 10.0. The zero-order chi connectivity index (χ0) is 22.6. The molecule has 1 N–H and O–H groups in total. The number of nitrogens with zero attached hydrogens (tertiary/aromatic N) is 3. The van der Waals surface area contributed by atoms with Gasteiger partial charge in [0.1, 0.15) is 10.7 Å². The zero-order valence-corrected chi connectivity index (χ0v) is 19.5. The van der Waals surface area contributed by atoms with Crippen molar-refractivity contribution in [2.24, 2.45) is 5.92 Å². The van der Waals surface area contributed by atoms with E-state index in [2.05, 4.69) is 23.3 Å². The fraction of sp³-hybridized carbons (Fsp3) is 0.500. The van der Waals surface area contributed by atoms with Gasteiger partial charge in [-0.1, -0.05) is 25.5 Å². The molecule has 2 aromatic rings. The lowest BCUT2D eigenvalue weighted by Crippen LogP contribution is -2.40. The Kier molecular flexibility index (Phi) is 7.10. The molecule has 2 fully saturated rings. The van der Waals surface area contributed by atoms with Crippen LogP contribution in [0.3, 0.4) is 0 Å². The molecule has 7 nitrogen and oxygen atoms in total. The van der Waals surface area contributed by atoms with Crippen molar-refractivity contribution < 1.29 is 13.2 Å². The summed E-state index contributed by atoms with van der Waals surface area (Å²) in [5, 5.41) is 3.04. The Bertz CT molecular complexity index is 1040. The Labute approximate surface area is 190 Å². The first-order valence-corrected chi connectivity index (χ1v) is 13.0. The highest BCUT2D eigenvalue weighted by atomic mass is 32.2. The van der Waals surface area contributed by atoms with Crippen molar-refractivity contribution in [1.82, 2.24) is 9.29 Å². The van der Waals surface area contributed by atoms with Gasteiger partial charge in [-0.3, -0.25) is 4.79 Å². The average Bonchev–Trinajstić information content (AvgIpc) is 2.85. The summed E-state index contributed by atoms with van der Waals surface area (Å²) >= 11 is 0. The lowest BCUT2D eigenvalue weighted by Gasteiger charge is -2.34. The molecule has 0 unspecified atom stereocenters. The standard InChI is InChI=1S/C24H32N4O3S/c1-2-19-8-6-9-21(18-19)26-24(29)20-11-16-27(17-12-20)23-22(10-7-13-25-23)32(30,31)28-14-4-3-5-15-28/h6-10,13,18,20H,2-5,11-12,14-17H2,1H3,(H,26,29). The summed E-state index contributed by atoms with van der Waals surface area (Å²) in [4.78, 5) is 19.5. The van der Waals surface area contributed by atoms with Crippen LogP contribution in [0.2, 0.25) is 0 Å². The van der Waals surface area contributed by atoms with Crippen LogP contribution in [-0.2, 0) is 21.2 Å². The van der Waals surface area contributed by atoms with E-state index in [4.69, 9.17) is 0 Å². The monoisotopic (exact) mass is 456 g/mol. The maximum absolute atomic E-state index is 13.3. The van der Waals surface area contributed by atoms with Gasteiger partial charge in [0, 0.05) is 44.0 Å². The van der Waals surface area contributed by atoms with Gasteiger partial charge in [-0.15, -0.1) is 0 Å². The quantitative estimate of drug-likeness (QED) is 0.717. The molecule has 8 heteroatoms. The number of aryl methyl sites for hydroxylation is 1. The number of hydrogen-bond donors (Lipinski definition) is 1. The summed E-state index contributed by atoms with van der Waals surface area (Å²) in [6.07, 6.45) is 6.77. The Balaban J connectivity index is 1.43. The van der Waals surface area contributed by atoms with Crippen LogP contribution in [0.15, 0.2) is 47.5 Å². The molecule has 1 amide bonds. The third-order valence-electron chi connectivity index (χ3n) is 6.45. The zero-order valence-electron chi connectivity index (χ0n) is 18.7. The smallest absolute Gasteiger partial charge is 0.246 e. The van der Waals surface area contributed by atoms with Crippen LogP contribution in [0, 0.1) is 5.92 Å². The van der Waals surface area contributed by atoms with Crippen molar-refractivity contribution in [3.05, 3.63) is 48.2 Å². The maximum Gasteiger partial charge on any atom is 0.246 e. The van der Waals surface area contributed by atoms with Gasteiger partial charge in [-0.05, 0) is 61.9 Å². The minimum absolute atomic E-state index is 0.0279. The molecule has 2 saturated heterocycles. The molecular weight excluding hydrogens is 424 g/mol. The largest absolute Gasteiger partial charge is 0.355 e. The molecule has 0 aliphatic carbocycles. The van der Waals surface area contributed by atoms with Crippen molar-refractivity contribution >= 4 is 27.4 Å². The number of aromatic nitrogens is 1. The molecule has 0 radical (unpaired) electrons. The molecule has 0 bridgehead atoms. The van der Waals surface area contributed by atoms with Crippen LogP contribution < -0.4 is 10.2 Å². The van der Waals surface area contributed by atoms with E-state index < -0.39 is 10.0 Å². The van der Waals surface area contributed by atoms with Gasteiger partial charge in [0.2, 0.25) is 15.9 Å². The minimum atomic E-state index is -3.57. The van der Waals surface area contributed by atoms with E-state index in [-0.39, 0.29) is 16.7 Å². The number of carbonyl (C=O) groups excluding carboxylic acids is 1. The average molecular weight is 457 g/mol. The van der Waals surface area contributed by atoms with Crippen molar-refractivity contribution in [3.8, 4) is 0 Å². The molecule has 2 aliphatic rings. The van der Waals surface area contributed by atoms with Gasteiger partial charge < -0.3 is 10.2 Å². The molecule has 1 aromatic heterocycles. The van der Waals surface area contributed by atoms with Crippen molar-refractivity contribution in [2.75, 3.05) is 36.4 Å². The summed E-state index contributed by atoms with van der Waals surface area (Å²) in [6, 6.07) is 11.3. The van der Waals surface area contributed by atoms with Gasteiger partial charge in [0.05, 0.1) is 0 Å². The molecule has 0 saturated carbocycles. The number of amides is 1. The number of hydrogen-bond acceptors (Lipinski definition) is 5. The van der Waals surface area contributed by atoms with Crippen LogP contribution in [0.5, 0.6) is 0 Å². The highest BCUT2D eigenvalue weighted by molar-refractivity contribution is 7.89. The second-order valence-electron chi connectivity index (χ2n) is 8.59. The summed E-state index contributed by atoms with van der Waals surface area (Å²) in [5.74, 6) is 0.440. The first kappa shape index (κ1) is 22.7. The fourth-order valence-electron chi connectivity index (χ4n) is 4.53. The molecule has 172 valence electrons. The second-order valence-corrected chi connectivity index (χ2v) is 10.5. The van der Waals surface area contributed by atoms with Gasteiger partial charge in [-0.25, -0.2) is 13.4 Å². The molecular formula is C24H32N4O3S. The van der Waals surface area contributed by atoms with Crippen molar-refractivity contribution in [2.45, 2.75) is 50.3 Å². The lowest BCUT2D eigenvalue weighted by atomic mass is 9.95. The first-order valence-electron chi connectivity index (χ1n) is 11.6. The Morgan fingerprint density at radius 1 is 1.06 bits per heavy atom. The maximum atomic E-state index is 13.3. The summed E-state index contributed by atoms with van der Waals surface area (Å²) in [7, 11) is -3.57. The number of pyridine rings is 1. The van der Waals surface area contributed by atoms with Crippen LogP contribution in [0.25, 0.3) is 0 Å². The molecule has 0 spiro atoms. The van der Waals surface area contributed by atoms with Gasteiger partial charge >= 0.3 is 0 Å². The predicted octanol–water partition coefficient (Wildman–Crippen LogP) is 3.67. The van der Waals surface area contributed by atoms with E-state index >= 15 is 0 Å². The van der Waals surface area contributed by atoms with Gasteiger partial charge in [-0.2, -0.15) is 4.31 Å². The third-order valence-corrected chi connectivity index (χ3v) is 8.37. The minimum Gasteiger partial charge on any atom is -0.355 e. The molecule has 32 heavy (non-hydrogen) atoms. The summed E-state index contributed by atoms with van der Waals surface area (Å²) in [6.45, 7) is 4.43. The van der Waals surface area contributed by atoms with E-state index in [1.165, 1.54) is 5.56 Å². The van der Waals surface area contributed by atoms with Gasteiger partial charge in [0.25, 0.3) is 0 Å². The van der Waals surface area contributed by atoms with Crippen molar-refractivity contribution in [3.63, 3.8) is 0 Å². The number of rotatable bonds is 6. The van der Waals surface area contributed by atoms with Crippen molar-refractivity contribution in [1.29, 1.82) is 0 Å². The molecule has 3 heterocycles. The molecule has 4 rings (SSSR count). The number of piperidine rings is 2. The van der Waals surface area contributed by atoms with E-state index in [9.17, 15) is 13.2 Å². The highest BCUT2D eigenvalue weighted by Gasteiger charge is 2.32. The van der Waals surface area contributed by atoms with E-state index in [1.807, 2.05) is 23.1 Å².